The molecule has 1 saturated heterocycles. The molecule has 0 saturated carbocycles. The Bertz CT molecular complexity index is 77.0. The lowest BCUT2D eigenvalue weighted by molar-refractivity contribution is 0.379. The minimum atomic E-state index is -1.17. The Morgan fingerprint density at radius 3 is 2.33 bits per heavy atom. The van der Waals surface area contributed by atoms with Crippen molar-refractivity contribution >= 4 is 19.5 Å². The summed E-state index contributed by atoms with van der Waals surface area (Å²) in [6.07, 6.45) is 1.94. The van der Waals surface area contributed by atoms with Gasteiger partial charge in [-0.3, -0.25) is 0 Å². The van der Waals surface area contributed by atoms with Crippen LogP contribution in [0.15, 0.2) is 0 Å². The lowest BCUT2D eigenvalue weighted by atomic mass is 9.79. The normalized spacial score (nSPS) is 25.3. The van der Waals surface area contributed by atoms with E-state index in [1.807, 2.05) is 0 Å². The monoisotopic (exact) mass is 151 g/mol. The van der Waals surface area contributed by atoms with Gasteiger partial charge in [-0.2, -0.15) is 0 Å². The fraction of sp³-hybridized carbons (Fsp3) is 1.00. The Balaban J connectivity index is 0.000000640. The average Bonchev–Trinajstić information content (AvgIpc) is 2.12. The van der Waals surface area contributed by atoms with Gasteiger partial charge in [0.2, 0.25) is 0 Å². The van der Waals surface area contributed by atoms with Crippen molar-refractivity contribution in [3.8, 4) is 0 Å². The zero-order valence-electron chi connectivity index (χ0n) is 5.08. The first kappa shape index (κ1) is 9.23. The molecule has 0 aliphatic carbocycles. The van der Waals surface area contributed by atoms with Crippen LogP contribution in [0.1, 0.15) is 12.8 Å². The third-order valence-corrected chi connectivity index (χ3v) is 1.46. The Hall–Kier alpha value is 0.235. The van der Waals surface area contributed by atoms with Crippen LogP contribution in [0.5, 0.6) is 0 Å². The van der Waals surface area contributed by atoms with Gasteiger partial charge in [-0.25, -0.2) is 0 Å². The highest BCUT2D eigenvalue weighted by Gasteiger charge is 2.25. The molecule has 1 heterocycles. The van der Waals surface area contributed by atoms with Crippen LogP contribution in [0, 0.1) is 0 Å². The molecule has 3 nitrogen and oxygen atoms in total. The van der Waals surface area contributed by atoms with E-state index in [-0.39, 0.29) is 18.3 Å². The van der Waals surface area contributed by atoms with Crippen LogP contribution in [-0.2, 0) is 0 Å². The van der Waals surface area contributed by atoms with Gasteiger partial charge in [-0.15, -0.1) is 12.4 Å². The number of hydrogen-bond acceptors (Lipinski definition) is 3. The molecule has 0 spiro atoms. The van der Waals surface area contributed by atoms with Gasteiger partial charge >= 0.3 is 7.12 Å². The lowest BCUT2D eigenvalue weighted by Crippen LogP contribution is -2.38. The second-order valence-corrected chi connectivity index (χ2v) is 2.12. The molecule has 0 amide bonds. The van der Waals surface area contributed by atoms with Crippen LogP contribution >= 0.6 is 12.4 Å². The summed E-state index contributed by atoms with van der Waals surface area (Å²) in [7, 11) is -1.17. The molecule has 54 valence electrons. The SMILES string of the molecule is Cl.OB(O)[C@H]1CCCN1. The molecule has 0 bridgehead atoms. The van der Waals surface area contributed by atoms with E-state index >= 15 is 0 Å². The summed E-state index contributed by atoms with van der Waals surface area (Å²) in [5.74, 6) is -0.0741. The highest BCUT2D eigenvalue weighted by molar-refractivity contribution is 6.43. The predicted octanol–water partition coefficient (Wildman–Crippen LogP) is -0.828. The van der Waals surface area contributed by atoms with Gasteiger partial charge < -0.3 is 15.4 Å². The number of nitrogens with one attached hydrogen (secondary N) is 1. The third-order valence-electron chi connectivity index (χ3n) is 1.46. The minimum absolute atomic E-state index is 0. The maximum atomic E-state index is 8.55. The van der Waals surface area contributed by atoms with E-state index < -0.39 is 7.12 Å². The molecule has 0 aromatic rings. The molecule has 9 heavy (non-hydrogen) atoms. The zero-order valence-corrected chi connectivity index (χ0v) is 5.90. The first-order valence-corrected chi connectivity index (χ1v) is 2.90. The van der Waals surface area contributed by atoms with Crippen LogP contribution in [0.3, 0.4) is 0 Å². The van der Waals surface area contributed by atoms with Crippen molar-refractivity contribution in [1.82, 2.24) is 5.32 Å². The van der Waals surface area contributed by atoms with Gasteiger partial charge in [0.1, 0.15) is 0 Å². The first-order valence-electron chi connectivity index (χ1n) is 2.90. The molecular weight excluding hydrogens is 140 g/mol. The van der Waals surface area contributed by atoms with Crippen LogP contribution < -0.4 is 5.32 Å². The van der Waals surface area contributed by atoms with Gasteiger partial charge in [-0.1, -0.05) is 0 Å². The van der Waals surface area contributed by atoms with Gasteiger partial charge in [-0.05, 0) is 19.4 Å². The van der Waals surface area contributed by atoms with Crippen LogP contribution in [-0.4, -0.2) is 29.7 Å². The maximum absolute atomic E-state index is 8.55. The molecule has 1 rings (SSSR count). The van der Waals surface area contributed by atoms with E-state index in [4.69, 9.17) is 10.0 Å². The molecule has 0 aromatic heterocycles. The smallest absolute Gasteiger partial charge is 0.426 e. The molecular formula is C4H11BClNO2. The molecule has 5 heteroatoms. The molecule has 1 fully saturated rings. The molecule has 1 atom stereocenters. The lowest BCUT2D eigenvalue weighted by Gasteiger charge is -2.05. The number of halogens is 1. The van der Waals surface area contributed by atoms with Crippen molar-refractivity contribution < 1.29 is 10.0 Å². The van der Waals surface area contributed by atoms with E-state index in [0.29, 0.717) is 0 Å². The molecule has 0 radical (unpaired) electrons. The second-order valence-electron chi connectivity index (χ2n) is 2.12. The van der Waals surface area contributed by atoms with E-state index in [1.165, 1.54) is 0 Å². The van der Waals surface area contributed by atoms with E-state index in [1.54, 1.807) is 0 Å². The second kappa shape index (κ2) is 4.11. The standard InChI is InChI=1S/C4H10BNO2.ClH/c7-5(8)4-2-1-3-6-4;/h4,6-8H,1-3H2;1H/t4-;/m1./s1. The van der Waals surface area contributed by atoms with Gasteiger partial charge in [0.05, 0.1) is 0 Å². The average molecular weight is 151 g/mol. The summed E-state index contributed by atoms with van der Waals surface area (Å²) in [5, 5.41) is 20.0. The summed E-state index contributed by atoms with van der Waals surface area (Å²) in [6.45, 7) is 0.919. The topological polar surface area (TPSA) is 52.5 Å². The highest BCUT2D eigenvalue weighted by Crippen LogP contribution is 2.04. The largest absolute Gasteiger partial charge is 0.469 e. The van der Waals surface area contributed by atoms with Crippen LogP contribution in [0.2, 0.25) is 0 Å². The van der Waals surface area contributed by atoms with Gasteiger partial charge in [0, 0.05) is 5.94 Å². The first-order chi connectivity index (χ1) is 3.80. The summed E-state index contributed by atoms with van der Waals surface area (Å²) < 4.78 is 0. The minimum Gasteiger partial charge on any atom is -0.426 e. The van der Waals surface area contributed by atoms with Crippen molar-refractivity contribution in [1.29, 1.82) is 0 Å². The predicted molar refractivity (Wildman–Crippen MR) is 38.5 cm³/mol. The van der Waals surface area contributed by atoms with Crippen LogP contribution in [0.25, 0.3) is 0 Å². The Labute approximate surface area is 61.0 Å². The van der Waals surface area contributed by atoms with Crippen LogP contribution in [0.4, 0.5) is 0 Å². The third kappa shape index (κ3) is 2.54. The van der Waals surface area contributed by atoms with E-state index in [0.717, 1.165) is 19.4 Å². The van der Waals surface area contributed by atoms with Crippen molar-refractivity contribution in [3.63, 3.8) is 0 Å². The summed E-state index contributed by atoms with van der Waals surface area (Å²) in [6, 6.07) is 0. The Morgan fingerprint density at radius 1 is 1.44 bits per heavy atom. The van der Waals surface area contributed by atoms with Crippen molar-refractivity contribution in [3.05, 3.63) is 0 Å². The molecule has 0 aromatic carbocycles. The van der Waals surface area contributed by atoms with Gasteiger partial charge in [0.25, 0.3) is 0 Å². The molecule has 0 unspecified atom stereocenters. The Kier molecular flexibility index (Phi) is 4.22. The zero-order chi connectivity index (χ0) is 5.98. The Morgan fingerprint density at radius 2 is 2.11 bits per heavy atom. The van der Waals surface area contributed by atoms with Crippen molar-refractivity contribution in [2.24, 2.45) is 0 Å². The number of hydrogen-bond donors (Lipinski definition) is 3. The number of rotatable bonds is 1. The van der Waals surface area contributed by atoms with Crippen molar-refractivity contribution in [2.75, 3.05) is 6.54 Å². The fourth-order valence-electron chi connectivity index (χ4n) is 0.966. The van der Waals surface area contributed by atoms with Crippen molar-refractivity contribution in [2.45, 2.75) is 18.8 Å². The molecule has 3 N–H and O–H groups in total. The fourth-order valence-corrected chi connectivity index (χ4v) is 0.966. The molecule has 1 aliphatic rings. The maximum Gasteiger partial charge on any atom is 0.469 e. The highest BCUT2D eigenvalue weighted by atomic mass is 35.5. The summed E-state index contributed by atoms with van der Waals surface area (Å²) in [4.78, 5) is 0. The quantitative estimate of drug-likeness (QED) is 0.429. The van der Waals surface area contributed by atoms with E-state index in [2.05, 4.69) is 5.32 Å². The summed E-state index contributed by atoms with van der Waals surface area (Å²) >= 11 is 0. The van der Waals surface area contributed by atoms with E-state index in [9.17, 15) is 0 Å². The molecule has 1 aliphatic heterocycles. The summed E-state index contributed by atoms with van der Waals surface area (Å²) in [5.41, 5.74) is 0. The van der Waals surface area contributed by atoms with Gasteiger partial charge in [0.15, 0.2) is 0 Å².